The number of rotatable bonds is 6. The van der Waals surface area contributed by atoms with Crippen LogP contribution in [0.15, 0.2) is 42.5 Å². The molecule has 0 saturated heterocycles. The molecule has 3 rings (SSSR count). The van der Waals surface area contributed by atoms with Gasteiger partial charge < -0.3 is 14.4 Å². The Balaban J connectivity index is 1.76. The summed E-state index contributed by atoms with van der Waals surface area (Å²) < 4.78 is 11.4. The predicted octanol–water partition coefficient (Wildman–Crippen LogP) is 4.39. The van der Waals surface area contributed by atoms with Gasteiger partial charge >= 0.3 is 0 Å². The minimum atomic E-state index is 0.0377. The lowest BCUT2D eigenvalue weighted by Crippen LogP contribution is -2.34. The van der Waals surface area contributed by atoms with Gasteiger partial charge in [-0.05, 0) is 67.7 Å². The Bertz CT molecular complexity index is 842. The lowest BCUT2D eigenvalue weighted by molar-refractivity contribution is -0.126. The number of aryl methyl sites for hydroxylation is 1. The molecule has 1 heterocycles. The third kappa shape index (κ3) is 4.51. The van der Waals surface area contributed by atoms with Crippen LogP contribution in [0.3, 0.4) is 0 Å². The van der Waals surface area contributed by atoms with Crippen molar-refractivity contribution in [3.63, 3.8) is 0 Å². The standard InChI is InChI=1S/C23H27NO3/c1-4-26-21-14-19-12-13-24(16-20(19)15-22(21)27-5-2)23(25)11-10-18-9-7-6-8-17(18)3/h6-11,14-15H,4-5,12-13,16H2,1-3H3/b11-10+. The Hall–Kier alpha value is -2.75. The molecule has 0 fully saturated rings. The van der Waals surface area contributed by atoms with E-state index in [9.17, 15) is 4.79 Å². The molecule has 0 bridgehead atoms. The number of amides is 1. The summed E-state index contributed by atoms with van der Waals surface area (Å²) in [5.41, 5.74) is 4.60. The molecule has 142 valence electrons. The predicted molar refractivity (Wildman–Crippen MR) is 108 cm³/mol. The first-order valence-electron chi connectivity index (χ1n) is 9.56. The molecule has 1 amide bonds. The lowest BCUT2D eigenvalue weighted by Gasteiger charge is -2.29. The van der Waals surface area contributed by atoms with Gasteiger partial charge in [0, 0.05) is 19.2 Å². The van der Waals surface area contributed by atoms with Gasteiger partial charge in [-0.2, -0.15) is 0 Å². The fourth-order valence-electron chi connectivity index (χ4n) is 3.33. The Kier molecular flexibility index (Phi) is 6.17. The van der Waals surface area contributed by atoms with Crippen LogP contribution in [0, 0.1) is 6.92 Å². The highest BCUT2D eigenvalue weighted by atomic mass is 16.5. The van der Waals surface area contributed by atoms with Crippen molar-refractivity contribution in [1.82, 2.24) is 4.90 Å². The summed E-state index contributed by atoms with van der Waals surface area (Å²) >= 11 is 0. The van der Waals surface area contributed by atoms with Gasteiger partial charge in [0.25, 0.3) is 0 Å². The maximum Gasteiger partial charge on any atom is 0.246 e. The first-order valence-corrected chi connectivity index (χ1v) is 9.56. The summed E-state index contributed by atoms with van der Waals surface area (Å²) in [6, 6.07) is 12.1. The van der Waals surface area contributed by atoms with E-state index in [1.165, 1.54) is 5.56 Å². The number of hydrogen-bond donors (Lipinski definition) is 0. The van der Waals surface area contributed by atoms with Crippen LogP contribution in [0.1, 0.15) is 36.1 Å². The Morgan fingerprint density at radius 2 is 1.74 bits per heavy atom. The number of fused-ring (bicyclic) bond motifs is 1. The minimum Gasteiger partial charge on any atom is -0.490 e. The van der Waals surface area contributed by atoms with E-state index in [1.807, 2.05) is 62.1 Å². The molecule has 1 aliphatic heterocycles. The van der Waals surface area contributed by atoms with Gasteiger partial charge in [-0.25, -0.2) is 0 Å². The van der Waals surface area contributed by atoms with E-state index < -0.39 is 0 Å². The maximum absolute atomic E-state index is 12.7. The third-order valence-electron chi connectivity index (χ3n) is 4.78. The number of carbonyl (C=O) groups excluding carboxylic acids is 1. The van der Waals surface area contributed by atoms with E-state index in [2.05, 4.69) is 6.07 Å². The van der Waals surface area contributed by atoms with Crippen LogP contribution in [0.5, 0.6) is 11.5 Å². The Morgan fingerprint density at radius 3 is 2.41 bits per heavy atom. The van der Waals surface area contributed by atoms with Crippen LogP contribution in [-0.4, -0.2) is 30.6 Å². The number of nitrogens with zero attached hydrogens (tertiary/aromatic N) is 1. The van der Waals surface area contributed by atoms with E-state index in [1.54, 1.807) is 6.08 Å². The minimum absolute atomic E-state index is 0.0377. The van der Waals surface area contributed by atoms with Crippen molar-refractivity contribution in [3.05, 3.63) is 64.7 Å². The maximum atomic E-state index is 12.7. The number of hydrogen-bond acceptors (Lipinski definition) is 3. The van der Waals surface area contributed by atoms with E-state index in [0.29, 0.717) is 26.3 Å². The Labute approximate surface area is 161 Å². The fourth-order valence-corrected chi connectivity index (χ4v) is 3.33. The zero-order chi connectivity index (χ0) is 19.2. The van der Waals surface area contributed by atoms with E-state index >= 15 is 0 Å². The molecule has 0 spiro atoms. The van der Waals surface area contributed by atoms with Gasteiger partial charge in [0.2, 0.25) is 5.91 Å². The molecule has 0 N–H and O–H groups in total. The largest absolute Gasteiger partial charge is 0.490 e. The van der Waals surface area contributed by atoms with Crippen molar-refractivity contribution < 1.29 is 14.3 Å². The van der Waals surface area contributed by atoms with Crippen LogP contribution in [0.4, 0.5) is 0 Å². The average Bonchev–Trinajstić information content (AvgIpc) is 2.67. The van der Waals surface area contributed by atoms with Crippen LogP contribution >= 0.6 is 0 Å². The first-order chi connectivity index (χ1) is 13.1. The second-order valence-corrected chi connectivity index (χ2v) is 6.63. The van der Waals surface area contributed by atoms with Gasteiger partial charge in [-0.3, -0.25) is 4.79 Å². The fraction of sp³-hybridized carbons (Fsp3) is 0.348. The molecular weight excluding hydrogens is 338 g/mol. The summed E-state index contributed by atoms with van der Waals surface area (Å²) in [7, 11) is 0. The lowest BCUT2D eigenvalue weighted by atomic mass is 9.98. The second-order valence-electron chi connectivity index (χ2n) is 6.63. The molecule has 0 radical (unpaired) electrons. The Morgan fingerprint density at radius 1 is 1.07 bits per heavy atom. The average molecular weight is 365 g/mol. The molecule has 0 aliphatic carbocycles. The normalized spacial score (nSPS) is 13.5. The van der Waals surface area contributed by atoms with Crippen molar-refractivity contribution in [2.45, 2.75) is 33.7 Å². The first kappa shape index (κ1) is 19.0. The molecule has 0 unspecified atom stereocenters. The topological polar surface area (TPSA) is 38.8 Å². The summed E-state index contributed by atoms with van der Waals surface area (Å²) in [4.78, 5) is 14.5. The molecular formula is C23H27NO3. The molecule has 0 saturated carbocycles. The third-order valence-corrected chi connectivity index (χ3v) is 4.78. The molecule has 2 aromatic rings. The monoisotopic (exact) mass is 365 g/mol. The van der Waals surface area contributed by atoms with Crippen LogP contribution in [0.25, 0.3) is 6.08 Å². The number of benzene rings is 2. The quantitative estimate of drug-likeness (QED) is 0.713. The highest BCUT2D eigenvalue weighted by molar-refractivity contribution is 5.92. The summed E-state index contributed by atoms with van der Waals surface area (Å²) in [6.07, 6.45) is 4.40. The summed E-state index contributed by atoms with van der Waals surface area (Å²) in [6.45, 7) is 8.47. The van der Waals surface area contributed by atoms with Crippen molar-refractivity contribution >= 4 is 12.0 Å². The zero-order valence-electron chi connectivity index (χ0n) is 16.3. The van der Waals surface area contributed by atoms with Crippen molar-refractivity contribution in [3.8, 4) is 11.5 Å². The van der Waals surface area contributed by atoms with Crippen molar-refractivity contribution in [2.24, 2.45) is 0 Å². The summed E-state index contributed by atoms with van der Waals surface area (Å²) in [5, 5.41) is 0. The van der Waals surface area contributed by atoms with Crippen molar-refractivity contribution in [1.29, 1.82) is 0 Å². The van der Waals surface area contributed by atoms with Crippen LogP contribution in [0.2, 0.25) is 0 Å². The molecule has 0 atom stereocenters. The van der Waals surface area contributed by atoms with Gasteiger partial charge in [0.15, 0.2) is 11.5 Å². The van der Waals surface area contributed by atoms with Gasteiger partial charge in [-0.1, -0.05) is 24.3 Å². The van der Waals surface area contributed by atoms with Gasteiger partial charge in [0.05, 0.1) is 13.2 Å². The van der Waals surface area contributed by atoms with E-state index in [0.717, 1.165) is 34.6 Å². The van der Waals surface area contributed by atoms with E-state index in [-0.39, 0.29) is 5.91 Å². The van der Waals surface area contributed by atoms with Gasteiger partial charge in [-0.15, -0.1) is 0 Å². The molecule has 0 aromatic heterocycles. The zero-order valence-corrected chi connectivity index (χ0v) is 16.3. The summed E-state index contributed by atoms with van der Waals surface area (Å²) in [5.74, 6) is 1.58. The molecule has 4 nitrogen and oxygen atoms in total. The van der Waals surface area contributed by atoms with Crippen molar-refractivity contribution in [2.75, 3.05) is 19.8 Å². The van der Waals surface area contributed by atoms with Crippen LogP contribution < -0.4 is 9.47 Å². The molecule has 1 aliphatic rings. The molecule has 27 heavy (non-hydrogen) atoms. The van der Waals surface area contributed by atoms with Gasteiger partial charge in [0.1, 0.15) is 0 Å². The number of ether oxygens (including phenoxy) is 2. The smallest absolute Gasteiger partial charge is 0.246 e. The number of carbonyl (C=O) groups is 1. The molecule has 2 aromatic carbocycles. The second kappa shape index (κ2) is 8.76. The highest BCUT2D eigenvalue weighted by Crippen LogP contribution is 2.34. The van der Waals surface area contributed by atoms with E-state index in [4.69, 9.17) is 9.47 Å². The highest BCUT2D eigenvalue weighted by Gasteiger charge is 2.22. The van der Waals surface area contributed by atoms with Crippen LogP contribution in [-0.2, 0) is 17.8 Å². The SMILES string of the molecule is CCOc1cc2c(cc1OCC)CN(C(=O)/C=C/c1ccccc1C)CC2. The molecule has 4 heteroatoms.